The van der Waals surface area contributed by atoms with Crippen LogP contribution in [0.2, 0.25) is 0 Å². The molecular weight excluding hydrogens is 350 g/mol. The van der Waals surface area contributed by atoms with Crippen LogP contribution < -0.4 is 0 Å². The third-order valence-corrected chi connectivity index (χ3v) is 6.55. The van der Waals surface area contributed by atoms with Gasteiger partial charge in [-0.05, 0) is 56.4 Å². The summed E-state index contributed by atoms with van der Waals surface area (Å²) in [6.45, 7) is 4.15. The van der Waals surface area contributed by atoms with Gasteiger partial charge in [0.1, 0.15) is 0 Å². The SMILES string of the molecule is CCCC[C@H](C)C(=O)/C=C/[C@@H]1[C@H]2CC(CCCCC(=O)N(C)C)=C[C@H]2C[C@H]1O. The molecule has 1 amide bonds. The Morgan fingerprint density at radius 1 is 1.29 bits per heavy atom. The van der Waals surface area contributed by atoms with Crippen LogP contribution in [-0.4, -0.2) is 41.9 Å². The van der Waals surface area contributed by atoms with Gasteiger partial charge in [0, 0.05) is 32.4 Å². The third kappa shape index (κ3) is 6.30. The van der Waals surface area contributed by atoms with Gasteiger partial charge in [-0.2, -0.15) is 0 Å². The first-order valence-electron chi connectivity index (χ1n) is 11.1. The molecule has 5 atom stereocenters. The quantitative estimate of drug-likeness (QED) is 0.321. The molecule has 4 nitrogen and oxygen atoms in total. The number of fused-ring (bicyclic) bond motifs is 1. The van der Waals surface area contributed by atoms with Crippen molar-refractivity contribution < 1.29 is 14.7 Å². The van der Waals surface area contributed by atoms with Crippen LogP contribution in [0.25, 0.3) is 0 Å². The number of amides is 1. The van der Waals surface area contributed by atoms with Gasteiger partial charge >= 0.3 is 0 Å². The molecule has 0 radical (unpaired) electrons. The Labute approximate surface area is 171 Å². The summed E-state index contributed by atoms with van der Waals surface area (Å²) in [5, 5.41) is 10.5. The van der Waals surface area contributed by atoms with E-state index in [0.29, 0.717) is 18.3 Å². The normalized spacial score (nSPS) is 27.7. The number of hydrogen-bond donors (Lipinski definition) is 1. The number of carbonyl (C=O) groups is 2. The molecule has 2 aliphatic carbocycles. The number of unbranched alkanes of at least 4 members (excludes halogenated alkanes) is 2. The van der Waals surface area contributed by atoms with E-state index in [1.165, 1.54) is 5.57 Å². The lowest BCUT2D eigenvalue weighted by molar-refractivity contribution is -0.128. The standard InChI is InChI=1S/C24H39NO3/c1-5-6-9-17(2)22(26)13-12-20-21-15-18(14-19(21)16-23(20)27)10-7-8-11-24(28)25(3)4/h12-14,17,19-21,23,27H,5-11,15-16H2,1-4H3/b13-12+/t17-,19-,20+,21-,23+/m0/s1. The summed E-state index contributed by atoms with van der Waals surface area (Å²) < 4.78 is 0. The molecule has 0 aromatic heterocycles. The zero-order chi connectivity index (χ0) is 20.7. The first-order chi connectivity index (χ1) is 13.3. The van der Waals surface area contributed by atoms with E-state index in [4.69, 9.17) is 0 Å². The molecule has 0 unspecified atom stereocenters. The molecule has 0 saturated heterocycles. The van der Waals surface area contributed by atoms with E-state index in [1.807, 2.05) is 13.0 Å². The molecule has 2 aliphatic rings. The van der Waals surface area contributed by atoms with Gasteiger partial charge in [0.2, 0.25) is 5.91 Å². The van der Waals surface area contributed by atoms with Crippen molar-refractivity contribution in [3.8, 4) is 0 Å². The van der Waals surface area contributed by atoms with Crippen LogP contribution in [0.4, 0.5) is 0 Å². The van der Waals surface area contributed by atoms with Crippen molar-refractivity contribution >= 4 is 11.7 Å². The van der Waals surface area contributed by atoms with Crippen molar-refractivity contribution in [2.45, 2.75) is 77.7 Å². The Morgan fingerprint density at radius 3 is 2.71 bits per heavy atom. The van der Waals surface area contributed by atoms with Gasteiger partial charge in [-0.3, -0.25) is 9.59 Å². The maximum absolute atomic E-state index is 12.3. The largest absolute Gasteiger partial charge is 0.392 e. The van der Waals surface area contributed by atoms with Gasteiger partial charge in [-0.25, -0.2) is 0 Å². The number of allylic oxidation sites excluding steroid dienone is 3. The summed E-state index contributed by atoms with van der Waals surface area (Å²) >= 11 is 0. The highest BCUT2D eigenvalue weighted by atomic mass is 16.3. The second-order valence-corrected chi connectivity index (χ2v) is 9.04. The van der Waals surface area contributed by atoms with Crippen LogP contribution in [-0.2, 0) is 9.59 Å². The van der Waals surface area contributed by atoms with Crippen molar-refractivity contribution in [2.75, 3.05) is 14.1 Å². The number of aliphatic hydroxyl groups is 1. The monoisotopic (exact) mass is 389 g/mol. The summed E-state index contributed by atoms with van der Waals surface area (Å²) in [7, 11) is 3.61. The van der Waals surface area contributed by atoms with Gasteiger partial charge in [0.15, 0.2) is 5.78 Å². The summed E-state index contributed by atoms with van der Waals surface area (Å²) in [6, 6.07) is 0. The van der Waals surface area contributed by atoms with Crippen molar-refractivity contribution in [1.82, 2.24) is 4.90 Å². The molecule has 0 aromatic rings. The van der Waals surface area contributed by atoms with Crippen LogP contribution in [0.3, 0.4) is 0 Å². The molecule has 0 spiro atoms. The Kier molecular flexibility index (Phi) is 8.94. The van der Waals surface area contributed by atoms with E-state index in [2.05, 4.69) is 13.0 Å². The minimum atomic E-state index is -0.333. The fraction of sp³-hybridized carbons (Fsp3) is 0.750. The highest BCUT2D eigenvalue weighted by molar-refractivity contribution is 5.91. The average Bonchev–Trinajstić information content (AvgIpc) is 3.17. The Bertz CT molecular complexity index is 593. The van der Waals surface area contributed by atoms with Crippen molar-refractivity contribution in [3.63, 3.8) is 0 Å². The van der Waals surface area contributed by atoms with E-state index < -0.39 is 0 Å². The molecule has 2 rings (SSSR count). The molecule has 0 heterocycles. The fourth-order valence-electron chi connectivity index (χ4n) is 4.67. The van der Waals surface area contributed by atoms with E-state index in [9.17, 15) is 14.7 Å². The van der Waals surface area contributed by atoms with Crippen LogP contribution in [0.15, 0.2) is 23.8 Å². The average molecular weight is 390 g/mol. The van der Waals surface area contributed by atoms with Gasteiger partial charge in [0.05, 0.1) is 6.10 Å². The Hall–Kier alpha value is -1.42. The summed E-state index contributed by atoms with van der Waals surface area (Å²) in [5.74, 6) is 1.44. The summed E-state index contributed by atoms with van der Waals surface area (Å²) in [5.41, 5.74) is 1.47. The third-order valence-electron chi connectivity index (χ3n) is 6.55. The predicted octanol–water partition coefficient (Wildman–Crippen LogP) is 4.53. The number of aliphatic hydroxyl groups excluding tert-OH is 1. The van der Waals surface area contributed by atoms with E-state index in [0.717, 1.165) is 51.4 Å². The molecule has 1 N–H and O–H groups in total. The fourth-order valence-corrected chi connectivity index (χ4v) is 4.67. The number of rotatable bonds is 11. The highest BCUT2D eigenvalue weighted by Gasteiger charge is 2.43. The van der Waals surface area contributed by atoms with Crippen molar-refractivity contribution in [1.29, 1.82) is 0 Å². The minimum Gasteiger partial charge on any atom is -0.392 e. The smallest absolute Gasteiger partial charge is 0.222 e. The lowest BCUT2D eigenvalue weighted by atomic mass is 9.88. The molecule has 0 bridgehead atoms. The highest BCUT2D eigenvalue weighted by Crippen LogP contribution is 2.48. The second-order valence-electron chi connectivity index (χ2n) is 9.04. The lowest BCUT2D eigenvalue weighted by Gasteiger charge is -2.18. The zero-order valence-electron chi connectivity index (χ0n) is 18.2. The minimum absolute atomic E-state index is 0.0766. The van der Waals surface area contributed by atoms with Gasteiger partial charge in [0.25, 0.3) is 0 Å². The maximum Gasteiger partial charge on any atom is 0.222 e. The van der Waals surface area contributed by atoms with E-state index in [1.54, 1.807) is 25.1 Å². The van der Waals surface area contributed by atoms with Crippen LogP contribution in [0, 0.1) is 23.7 Å². The molecule has 28 heavy (non-hydrogen) atoms. The Balaban J connectivity index is 1.80. The number of carbonyl (C=O) groups excluding carboxylic acids is 2. The van der Waals surface area contributed by atoms with E-state index in [-0.39, 0.29) is 29.6 Å². The molecule has 0 aliphatic heterocycles. The Morgan fingerprint density at radius 2 is 2.04 bits per heavy atom. The second kappa shape index (κ2) is 10.9. The zero-order valence-corrected chi connectivity index (χ0v) is 18.2. The molecule has 1 saturated carbocycles. The topological polar surface area (TPSA) is 57.6 Å². The predicted molar refractivity (Wildman–Crippen MR) is 114 cm³/mol. The molecule has 1 fully saturated rings. The maximum atomic E-state index is 12.3. The first kappa shape index (κ1) is 22.9. The van der Waals surface area contributed by atoms with Gasteiger partial charge in [-0.1, -0.05) is 44.4 Å². The number of nitrogens with zero attached hydrogens (tertiary/aromatic N) is 1. The van der Waals surface area contributed by atoms with Crippen LogP contribution >= 0.6 is 0 Å². The van der Waals surface area contributed by atoms with E-state index >= 15 is 0 Å². The van der Waals surface area contributed by atoms with Crippen LogP contribution in [0.1, 0.15) is 71.6 Å². The van der Waals surface area contributed by atoms with Gasteiger partial charge in [-0.15, -0.1) is 0 Å². The van der Waals surface area contributed by atoms with Crippen molar-refractivity contribution in [3.05, 3.63) is 23.8 Å². The first-order valence-corrected chi connectivity index (χ1v) is 11.1. The molecule has 0 aromatic carbocycles. The summed E-state index contributed by atoms with van der Waals surface area (Å²) in [6.07, 6.45) is 14.4. The van der Waals surface area contributed by atoms with Crippen molar-refractivity contribution in [2.24, 2.45) is 23.7 Å². The van der Waals surface area contributed by atoms with Gasteiger partial charge < -0.3 is 10.0 Å². The summed E-state index contributed by atoms with van der Waals surface area (Å²) in [4.78, 5) is 25.6. The molecule has 158 valence electrons. The molecular formula is C24H39NO3. The van der Waals surface area contributed by atoms with Crippen LogP contribution in [0.5, 0.6) is 0 Å². The number of ketones is 1. The molecule has 4 heteroatoms. The number of hydrogen-bond acceptors (Lipinski definition) is 3. The lowest BCUT2D eigenvalue weighted by Crippen LogP contribution is -2.21.